The van der Waals surface area contributed by atoms with Crippen LogP contribution in [0.4, 0.5) is 0 Å². The van der Waals surface area contributed by atoms with Crippen LogP contribution in [0.1, 0.15) is 44.4 Å². The van der Waals surface area contributed by atoms with E-state index in [2.05, 4.69) is 23.2 Å². The van der Waals surface area contributed by atoms with Gasteiger partial charge in [-0.3, -0.25) is 0 Å². The fraction of sp³-hybridized carbons (Fsp3) is 0.714. The van der Waals surface area contributed by atoms with Crippen LogP contribution in [0.3, 0.4) is 0 Å². The molecule has 3 rings (SSSR count). The molecule has 2 aliphatic heterocycles. The van der Waals surface area contributed by atoms with Gasteiger partial charge in [0.2, 0.25) is 0 Å². The van der Waals surface area contributed by atoms with Crippen molar-refractivity contribution in [1.29, 1.82) is 0 Å². The standard InChI is InChI=1S/C14H22N2O/c1-11(14-5-3-9-17-14)15-12-6-8-16-7-2-4-13(16)10-12/h3,5,9,11-13,15H,2,4,6-8,10H2,1H3. The minimum atomic E-state index is 0.336. The Morgan fingerprint density at radius 2 is 2.35 bits per heavy atom. The molecule has 0 aliphatic carbocycles. The molecule has 2 fully saturated rings. The first kappa shape index (κ1) is 11.3. The number of hydrogen-bond donors (Lipinski definition) is 1. The summed E-state index contributed by atoms with van der Waals surface area (Å²) >= 11 is 0. The summed E-state index contributed by atoms with van der Waals surface area (Å²) in [6.45, 7) is 4.79. The Bertz CT molecular complexity index is 349. The minimum absolute atomic E-state index is 0.336. The second-order valence-corrected chi connectivity index (χ2v) is 5.46. The average molecular weight is 234 g/mol. The van der Waals surface area contributed by atoms with E-state index in [4.69, 9.17) is 4.42 Å². The summed E-state index contributed by atoms with van der Waals surface area (Å²) in [5.74, 6) is 1.05. The first-order valence-corrected chi connectivity index (χ1v) is 6.86. The van der Waals surface area contributed by atoms with E-state index in [1.54, 1.807) is 6.26 Å². The van der Waals surface area contributed by atoms with Gasteiger partial charge in [-0.2, -0.15) is 0 Å². The van der Waals surface area contributed by atoms with Gasteiger partial charge in [0.15, 0.2) is 0 Å². The second kappa shape index (κ2) is 4.83. The maximum Gasteiger partial charge on any atom is 0.120 e. The predicted molar refractivity (Wildman–Crippen MR) is 67.9 cm³/mol. The molecule has 0 saturated carbocycles. The van der Waals surface area contributed by atoms with Crippen LogP contribution in [0.5, 0.6) is 0 Å². The van der Waals surface area contributed by atoms with Crippen LogP contribution in [0.15, 0.2) is 22.8 Å². The smallest absolute Gasteiger partial charge is 0.120 e. The number of fused-ring (bicyclic) bond motifs is 1. The van der Waals surface area contributed by atoms with Crippen molar-refractivity contribution >= 4 is 0 Å². The Hall–Kier alpha value is -0.800. The molecular formula is C14H22N2O. The molecule has 2 aliphatic rings. The van der Waals surface area contributed by atoms with Crippen molar-refractivity contribution in [3.8, 4) is 0 Å². The first-order chi connectivity index (χ1) is 8.33. The van der Waals surface area contributed by atoms with Gasteiger partial charge in [-0.1, -0.05) is 0 Å². The predicted octanol–water partition coefficient (Wildman–Crippen LogP) is 2.56. The maximum atomic E-state index is 5.45. The lowest BCUT2D eigenvalue weighted by molar-refractivity contribution is 0.160. The highest BCUT2D eigenvalue weighted by atomic mass is 16.3. The third kappa shape index (κ3) is 2.40. The molecule has 3 heterocycles. The monoisotopic (exact) mass is 234 g/mol. The Kier molecular flexibility index (Phi) is 3.21. The highest BCUT2D eigenvalue weighted by molar-refractivity contribution is 5.04. The SMILES string of the molecule is CC(NC1CCN2CCCC2C1)c1ccco1. The normalized spacial score (nSPS) is 31.4. The van der Waals surface area contributed by atoms with E-state index in [1.807, 2.05) is 6.07 Å². The summed E-state index contributed by atoms with van der Waals surface area (Å²) in [6, 6.07) is 5.86. The zero-order valence-electron chi connectivity index (χ0n) is 10.6. The number of hydrogen-bond acceptors (Lipinski definition) is 3. The van der Waals surface area contributed by atoms with E-state index in [9.17, 15) is 0 Å². The lowest BCUT2D eigenvalue weighted by Gasteiger charge is -2.36. The Morgan fingerprint density at radius 1 is 1.41 bits per heavy atom. The number of nitrogens with one attached hydrogen (secondary N) is 1. The highest BCUT2D eigenvalue weighted by Gasteiger charge is 2.32. The lowest BCUT2D eigenvalue weighted by Crippen LogP contribution is -2.46. The number of nitrogens with zero attached hydrogens (tertiary/aromatic N) is 1. The Morgan fingerprint density at radius 3 is 3.18 bits per heavy atom. The number of furan rings is 1. The van der Waals surface area contributed by atoms with Gasteiger partial charge in [0.25, 0.3) is 0 Å². The van der Waals surface area contributed by atoms with Crippen LogP contribution in [0, 0.1) is 0 Å². The fourth-order valence-electron chi connectivity index (χ4n) is 3.35. The molecular weight excluding hydrogens is 212 g/mol. The molecule has 3 unspecified atom stereocenters. The second-order valence-electron chi connectivity index (χ2n) is 5.46. The summed E-state index contributed by atoms with van der Waals surface area (Å²) in [5.41, 5.74) is 0. The van der Waals surface area contributed by atoms with Crippen molar-refractivity contribution in [1.82, 2.24) is 10.2 Å². The zero-order chi connectivity index (χ0) is 11.7. The van der Waals surface area contributed by atoms with Crippen LogP contribution in [-0.2, 0) is 0 Å². The molecule has 3 heteroatoms. The van der Waals surface area contributed by atoms with Crippen LogP contribution in [0.2, 0.25) is 0 Å². The van der Waals surface area contributed by atoms with Crippen molar-refractivity contribution in [3.05, 3.63) is 24.2 Å². The van der Waals surface area contributed by atoms with Gasteiger partial charge in [-0.25, -0.2) is 0 Å². The Balaban J connectivity index is 1.55. The molecule has 17 heavy (non-hydrogen) atoms. The van der Waals surface area contributed by atoms with Gasteiger partial charge in [-0.15, -0.1) is 0 Å². The first-order valence-electron chi connectivity index (χ1n) is 6.86. The minimum Gasteiger partial charge on any atom is -0.468 e. The van der Waals surface area contributed by atoms with Gasteiger partial charge >= 0.3 is 0 Å². The largest absolute Gasteiger partial charge is 0.468 e. The van der Waals surface area contributed by atoms with E-state index in [0.29, 0.717) is 12.1 Å². The van der Waals surface area contributed by atoms with Crippen molar-refractivity contribution in [2.24, 2.45) is 0 Å². The molecule has 0 bridgehead atoms. The van der Waals surface area contributed by atoms with Crippen molar-refractivity contribution < 1.29 is 4.42 Å². The van der Waals surface area contributed by atoms with E-state index in [-0.39, 0.29) is 0 Å². The van der Waals surface area contributed by atoms with Gasteiger partial charge in [0.1, 0.15) is 5.76 Å². The van der Waals surface area contributed by atoms with Crippen LogP contribution >= 0.6 is 0 Å². The van der Waals surface area contributed by atoms with Crippen molar-refractivity contribution in [3.63, 3.8) is 0 Å². The summed E-state index contributed by atoms with van der Waals surface area (Å²) in [7, 11) is 0. The molecule has 0 aromatic carbocycles. The number of rotatable bonds is 3. The van der Waals surface area contributed by atoms with Crippen LogP contribution in [-0.4, -0.2) is 30.1 Å². The molecule has 94 valence electrons. The van der Waals surface area contributed by atoms with Crippen LogP contribution < -0.4 is 5.32 Å². The Labute approximate surface area is 103 Å². The number of piperidine rings is 1. The molecule has 3 nitrogen and oxygen atoms in total. The zero-order valence-corrected chi connectivity index (χ0v) is 10.6. The molecule has 0 spiro atoms. The summed E-state index contributed by atoms with van der Waals surface area (Å²) in [6.07, 6.45) is 7.14. The van der Waals surface area contributed by atoms with Gasteiger partial charge in [0, 0.05) is 12.1 Å². The highest BCUT2D eigenvalue weighted by Crippen LogP contribution is 2.28. The molecule has 0 amide bonds. The topological polar surface area (TPSA) is 28.4 Å². The summed E-state index contributed by atoms with van der Waals surface area (Å²) < 4.78 is 5.45. The molecule has 1 N–H and O–H groups in total. The van der Waals surface area contributed by atoms with Gasteiger partial charge in [-0.05, 0) is 57.8 Å². The molecule has 1 aromatic heterocycles. The van der Waals surface area contributed by atoms with E-state index in [1.165, 1.54) is 38.8 Å². The van der Waals surface area contributed by atoms with E-state index < -0.39 is 0 Å². The van der Waals surface area contributed by atoms with Gasteiger partial charge in [0.05, 0.1) is 12.3 Å². The summed E-state index contributed by atoms with van der Waals surface area (Å²) in [4.78, 5) is 2.66. The third-order valence-electron chi connectivity index (χ3n) is 4.28. The lowest BCUT2D eigenvalue weighted by atomic mass is 9.97. The third-order valence-corrected chi connectivity index (χ3v) is 4.28. The van der Waals surface area contributed by atoms with Gasteiger partial charge < -0.3 is 14.6 Å². The van der Waals surface area contributed by atoms with E-state index in [0.717, 1.165) is 11.8 Å². The fourth-order valence-corrected chi connectivity index (χ4v) is 3.35. The van der Waals surface area contributed by atoms with Crippen molar-refractivity contribution in [2.75, 3.05) is 13.1 Å². The maximum absolute atomic E-state index is 5.45. The molecule has 2 saturated heterocycles. The van der Waals surface area contributed by atoms with Crippen LogP contribution in [0.25, 0.3) is 0 Å². The quantitative estimate of drug-likeness (QED) is 0.871. The molecule has 1 aromatic rings. The molecule has 0 radical (unpaired) electrons. The van der Waals surface area contributed by atoms with Crippen molar-refractivity contribution in [2.45, 2.75) is 50.7 Å². The van der Waals surface area contributed by atoms with E-state index >= 15 is 0 Å². The molecule has 3 atom stereocenters. The average Bonchev–Trinajstić information content (AvgIpc) is 2.99. The summed E-state index contributed by atoms with van der Waals surface area (Å²) in [5, 5.41) is 3.71.